The number of fused-ring (bicyclic) bond motifs is 1. The number of pyridine rings is 1. The lowest BCUT2D eigenvalue weighted by Crippen LogP contribution is -2.43. The van der Waals surface area contributed by atoms with Crippen LogP contribution in [0.1, 0.15) is 45.7 Å². The minimum absolute atomic E-state index is 0.0189. The molecule has 1 amide bonds. The second-order valence-electron chi connectivity index (χ2n) is 8.87. The molecule has 0 bridgehead atoms. The van der Waals surface area contributed by atoms with E-state index in [9.17, 15) is 13.2 Å². The van der Waals surface area contributed by atoms with Crippen LogP contribution >= 0.6 is 11.6 Å². The topological polar surface area (TPSA) is 76.1 Å². The van der Waals surface area contributed by atoms with Crippen molar-refractivity contribution < 1.29 is 13.2 Å². The summed E-state index contributed by atoms with van der Waals surface area (Å²) in [4.78, 5) is 17.0. The summed E-state index contributed by atoms with van der Waals surface area (Å²) in [5, 5.41) is 0.829. The van der Waals surface area contributed by atoms with E-state index in [0.717, 1.165) is 11.1 Å². The first-order chi connectivity index (χ1) is 13.8. The molecule has 0 fully saturated rings. The molecule has 3 rings (SSSR count). The van der Waals surface area contributed by atoms with E-state index in [1.165, 1.54) is 12.3 Å². The summed E-state index contributed by atoms with van der Waals surface area (Å²) in [6, 6.07) is 14.0. The fourth-order valence-corrected chi connectivity index (χ4v) is 4.76. The van der Waals surface area contributed by atoms with E-state index in [-0.39, 0.29) is 20.8 Å². The maximum Gasteiger partial charge on any atom is 0.266 e. The molecule has 7 heteroatoms. The summed E-state index contributed by atoms with van der Waals surface area (Å²) in [6.45, 7) is 9.71. The fourth-order valence-electron chi connectivity index (χ4n) is 3.15. The molecule has 158 valence electrons. The van der Waals surface area contributed by atoms with Crippen LogP contribution in [0.4, 0.5) is 0 Å². The Hall–Kier alpha value is -2.44. The lowest BCUT2D eigenvalue weighted by molar-refractivity contribution is -0.123. The SMILES string of the molecule is CC(C)(C)c1ccc(C(C)(C)C(=O)NS(=O)(=O)c2cc(Cl)cc3cccnc23)cc1. The monoisotopic (exact) mass is 444 g/mol. The van der Waals surface area contributed by atoms with Crippen LogP contribution in [0.25, 0.3) is 10.9 Å². The number of hydrogen-bond acceptors (Lipinski definition) is 4. The van der Waals surface area contributed by atoms with Crippen LogP contribution in [0.15, 0.2) is 59.6 Å². The van der Waals surface area contributed by atoms with Crippen molar-refractivity contribution >= 4 is 38.4 Å². The Bertz CT molecular complexity index is 1210. The molecular weight excluding hydrogens is 420 g/mol. The Morgan fingerprint density at radius 2 is 1.57 bits per heavy atom. The molecular formula is C23H25ClN2O3S. The van der Waals surface area contributed by atoms with Crippen molar-refractivity contribution in [3.8, 4) is 0 Å². The van der Waals surface area contributed by atoms with E-state index < -0.39 is 21.3 Å². The van der Waals surface area contributed by atoms with Crippen molar-refractivity contribution in [3.63, 3.8) is 0 Å². The second kappa shape index (κ2) is 7.67. The van der Waals surface area contributed by atoms with Gasteiger partial charge in [-0.25, -0.2) is 13.1 Å². The average molecular weight is 445 g/mol. The summed E-state index contributed by atoms with van der Waals surface area (Å²) in [6.07, 6.45) is 1.50. The highest BCUT2D eigenvalue weighted by atomic mass is 35.5. The Balaban J connectivity index is 1.95. The molecule has 30 heavy (non-hydrogen) atoms. The first-order valence-corrected chi connectivity index (χ1v) is 11.4. The molecule has 0 radical (unpaired) electrons. The number of nitrogens with zero attached hydrogens (tertiary/aromatic N) is 1. The number of carbonyl (C=O) groups is 1. The molecule has 1 N–H and O–H groups in total. The molecule has 0 atom stereocenters. The molecule has 0 saturated carbocycles. The summed E-state index contributed by atoms with van der Waals surface area (Å²) in [5.41, 5.74) is 1.03. The van der Waals surface area contributed by atoms with Crippen LogP contribution in [0.3, 0.4) is 0 Å². The average Bonchev–Trinajstić information content (AvgIpc) is 2.66. The van der Waals surface area contributed by atoms with Crippen LogP contribution in [0.2, 0.25) is 5.02 Å². The fraction of sp³-hybridized carbons (Fsp3) is 0.304. The van der Waals surface area contributed by atoms with Crippen molar-refractivity contribution in [3.05, 3.63) is 70.9 Å². The molecule has 0 aliphatic heterocycles. The third-order valence-electron chi connectivity index (χ3n) is 5.19. The molecule has 0 spiro atoms. The summed E-state index contributed by atoms with van der Waals surface area (Å²) in [7, 11) is -4.18. The van der Waals surface area contributed by atoms with E-state index in [1.807, 2.05) is 24.3 Å². The zero-order valence-electron chi connectivity index (χ0n) is 17.7. The van der Waals surface area contributed by atoms with Gasteiger partial charge in [-0.2, -0.15) is 0 Å². The third kappa shape index (κ3) is 4.35. The van der Waals surface area contributed by atoms with Gasteiger partial charge in [-0.3, -0.25) is 9.78 Å². The van der Waals surface area contributed by atoms with E-state index in [4.69, 9.17) is 11.6 Å². The lowest BCUT2D eigenvalue weighted by Gasteiger charge is -2.26. The highest BCUT2D eigenvalue weighted by molar-refractivity contribution is 7.90. The van der Waals surface area contributed by atoms with Gasteiger partial charge in [0.15, 0.2) is 0 Å². The van der Waals surface area contributed by atoms with E-state index in [0.29, 0.717) is 5.39 Å². The molecule has 0 saturated heterocycles. The quantitative estimate of drug-likeness (QED) is 0.616. The van der Waals surface area contributed by atoms with Crippen LogP contribution in [-0.2, 0) is 25.6 Å². The van der Waals surface area contributed by atoms with Gasteiger partial charge in [-0.05, 0) is 48.6 Å². The molecule has 0 aliphatic rings. The van der Waals surface area contributed by atoms with E-state index in [2.05, 4.69) is 30.5 Å². The van der Waals surface area contributed by atoms with Gasteiger partial charge in [-0.1, -0.05) is 62.7 Å². The molecule has 3 aromatic rings. The number of amides is 1. The van der Waals surface area contributed by atoms with Crippen molar-refractivity contribution in [2.24, 2.45) is 0 Å². The molecule has 2 aromatic carbocycles. The molecule has 5 nitrogen and oxygen atoms in total. The number of aromatic nitrogens is 1. The van der Waals surface area contributed by atoms with E-state index in [1.54, 1.807) is 32.0 Å². The second-order valence-corrected chi connectivity index (χ2v) is 11.0. The minimum Gasteiger partial charge on any atom is -0.273 e. The van der Waals surface area contributed by atoms with Gasteiger partial charge in [0.2, 0.25) is 5.91 Å². The van der Waals surface area contributed by atoms with Gasteiger partial charge in [0, 0.05) is 16.6 Å². The Morgan fingerprint density at radius 1 is 0.967 bits per heavy atom. The van der Waals surface area contributed by atoms with Crippen LogP contribution < -0.4 is 4.72 Å². The van der Waals surface area contributed by atoms with Gasteiger partial charge in [-0.15, -0.1) is 0 Å². The smallest absolute Gasteiger partial charge is 0.266 e. The summed E-state index contributed by atoms with van der Waals surface area (Å²) >= 11 is 6.10. The summed E-state index contributed by atoms with van der Waals surface area (Å²) < 4.78 is 28.3. The number of benzene rings is 2. The number of nitrogens with one attached hydrogen (secondary N) is 1. The minimum atomic E-state index is -4.18. The van der Waals surface area contributed by atoms with Crippen LogP contribution in [0, 0.1) is 0 Å². The number of carbonyl (C=O) groups excluding carboxylic acids is 1. The van der Waals surface area contributed by atoms with Crippen molar-refractivity contribution in [1.82, 2.24) is 9.71 Å². The summed E-state index contributed by atoms with van der Waals surface area (Å²) in [5.74, 6) is -0.630. The largest absolute Gasteiger partial charge is 0.273 e. The Labute approximate surface area is 182 Å². The molecule has 0 aliphatic carbocycles. The zero-order chi connectivity index (χ0) is 22.3. The lowest BCUT2D eigenvalue weighted by atomic mass is 9.81. The maximum absolute atomic E-state index is 13.0. The van der Waals surface area contributed by atoms with Crippen LogP contribution in [-0.4, -0.2) is 19.3 Å². The Kier molecular flexibility index (Phi) is 5.69. The van der Waals surface area contributed by atoms with Crippen molar-refractivity contribution in [1.29, 1.82) is 0 Å². The van der Waals surface area contributed by atoms with Gasteiger partial charge >= 0.3 is 0 Å². The van der Waals surface area contributed by atoms with Crippen molar-refractivity contribution in [2.75, 3.05) is 0 Å². The first-order valence-electron chi connectivity index (χ1n) is 9.55. The third-order valence-corrected chi connectivity index (χ3v) is 6.75. The van der Waals surface area contributed by atoms with Gasteiger partial charge in [0.1, 0.15) is 4.90 Å². The number of hydrogen-bond donors (Lipinski definition) is 1. The van der Waals surface area contributed by atoms with E-state index >= 15 is 0 Å². The molecule has 1 heterocycles. The standard InChI is InChI=1S/C23H25ClN2O3S/c1-22(2,3)16-8-10-17(11-9-16)23(4,5)21(27)26-30(28,29)19-14-18(24)13-15-7-6-12-25-20(15)19/h6-14H,1-5H3,(H,26,27). The number of halogens is 1. The maximum atomic E-state index is 13.0. The molecule has 1 aromatic heterocycles. The van der Waals surface area contributed by atoms with Gasteiger partial charge < -0.3 is 0 Å². The van der Waals surface area contributed by atoms with Gasteiger partial charge in [0.25, 0.3) is 10.0 Å². The normalized spacial score (nSPS) is 12.7. The number of rotatable bonds is 4. The van der Waals surface area contributed by atoms with Crippen LogP contribution in [0.5, 0.6) is 0 Å². The van der Waals surface area contributed by atoms with Gasteiger partial charge in [0.05, 0.1) is 10.9 Å². The highest BCUT2D eigenvalue weighted by Gasteiger charge is 2.34. The first kappa shape index (κ1) is 22.2. The zero-order valence-corrected chi connectivity index (χ0v) is 19.2. The highest BCUT2D eigenvalue weighted by Crippen LogP contribution is 2.30. The predicted molar refractivity (Wildman–Crippen MR) is 120 cm³/mol. The van der Waals surface area contributed by atoms with Crippen molar-refractivity contribution in [2.45, 2.75) is 50.3 Å². The number of sulfonamides is 1. The Morgan fingerprint density at radius 3 is 2.17 bits per heavy atom. The molecule has 0 unspecified atom stereocenters. The predicted octanol–water partition coefficient (Wildman–Crippen LogP) is 4.97.